The summed E-state index contributed by atoms with van der Waals surface area (Å²) >= 11 is 0. The first-order chi connectivity index (χ1) is 14.9. The first kappa shape index (κ1) is 21.3. The van der Waals surface area contributed by atoms with Crippen LogP contribution >= 0.6 is 0 Å². The van der Waals surface area contributed by atoms with Gasteiger partial charge >= 0.3 is 0 Å². The molecule has 0 N–H and O–H groups in total. The minimum Gasteiger partial charge on any atom is -0.497 e. The molecule has 0 spiro atoms. The standard InChI is InChI=1S/C24H26N2O4S/c1-25(17-18-10-11-20-16-21(30-2)13-12-19(20)15-18)24(27)23-9-6-14-26(23)31(28,29)22-7-4-3-5-8-22/h3-5,7-8,10-13,15-16,23H,6,9,14,17H2,1-2H3. The van der Waals surface area contributed by atoms with Gasteiger partial charge in [0.2, 0.25) is 15.9 Å². The monoisotopic (exact) mass is 438 g/mol. The number of sulfonamides is 1. The molecule has 0 aliphatic carbocycles. The van der Waals surface area contributed by atoms with Crippen LogP contribution in [-0.2, 0) is 21.4 Å². The summed E-state index contributed by atoms with van der Waals surface area (Å²) in [6.45, 7) is 0.774. The molecule has 1 unspecified atom stereocenters. The Morgan fingerprint density at radius 2 is 1.77 bits per heavy atom. The summed E-state index contributed by atoms with van der Waals surface area (Å²) in [4.78, 5) is 15.0. The maximum absolute atomic E-state index is 13.2. The van der Waals surface area contributed by atoms with Crippen molar-refractivity contribution in [3.05, 3.63) is 72.3 Å². The van der Waals surface area contributed by atoms with Gasteiger partial charge in [0.15, 0.2) is 0 Å². The molecule has 31 heavy (non-hydrogen) atoms. The molecule has 1 saturated heterocycles. The zero-order valence-corrected chi connectivity index (χ0v) is 18.5. The second kappa shape index (κ2) is 8.69. The fourth-order valence-corrected chi connectivity index (χ4v) is 5.78. The highest BCUT2D eigenvalue weighted by atomic mass is 32.2. The van der Waals surface area contributed by atoms with Crippen LogP contribution in [-0.4, -0.2) is 50.3 Å². The summed E-state index contributed by atoms with van der Waals surface area (Å²) < 4.78 is 32.8. The summed E-state index contributed by atoms with van der Waals surface area (Å²) in [5.74, 6) is 0.625. The van der Waals surface area contributed by atoms with Gasteiger partial charge in [-0.2, -0.15) is 4.31 Å². The quantitative estimate of drug-likeness (QED) is 0.589. The molecule has 1 heterocycles. The third kappa shape index (κ3) is 4.29. The van der Waals surface area contributed by atoms with E-state index in [0.717, 1.165) is 22.1 Å². The van der Waals surface area contributed by atoms with E-state index in [-0.39, 0.29) is 10.8 Å². The molecule has 0 aromatic heterocycles. The molecule has 3 aromatic rings. The number of methoxy groups -OCH3 is 1. The number of ether oxygens (including phenoxy) is 1. The van der Waals surface area contributed by atoms with Crippen LogP contribution in [0.5, 0.6) is 5.75 Å². The fourth-order valence-electron chi connectivity index (χ4n) is 4.11. The molecule has 3 aromatic carbocycles. The highest BCUT2D eigenvalue weighted by molar-refractivity contribution is 7.89. The van der Waals surface area contributed by atoms with E-state index in [2.05, 4.69) is 0 Å². The van der Waals surface area contributed by atoms with E-state index >= 15 is 0 Å². The van der Waals surface area contributed by atoms with E-state index in [4.69, 9.17) is 4.74 Å². The maximum atomic E-state index is 13.2. The van der Waals surface area contributed by atoms with Crippen LogP contribution in [0.2, 0.25) is 0 Å². The van der Waals surface area contributed by atoms with Crippen molar-refractivity contribution in [3.8, 4) is 5.75 Å². The van der Waals surface area contributed by atoms with Crippen LogP contribution in [0, 0.1) is 0 Å². The van der Waals surface area contributed by atoms with E-state index in [1.807, 2.05) is 36.4 Å². The third-order valence-corrected chi connectivity index (χ3v) is 7.67. The molecule has 1 aliphatic heterocycles. The molecule has 0 bridgehead atoms. The van der Waals surface area contributed by atoms with Crippen LogP contribution < -0.4 is 4.74 Å². The molecule has 6 nitrogen and oxygen atoms in total. The Labute approximate surface area is 183 Å². The zero-order chi connectivity index (χ0) is 22.0. The molecule has 1 fully saturated rings. The molecule has 4 rings (SSSR count). The molecule has 0 saturated carbocycles. The molecule has 1 aliphatic rings. The van der Waals surface area contributed by atoms with E-state index in [1.165, 1.54) is 4.31 Å². The summed E-state index contributed by atoms with van der Waals surface area (Å²) in [5, 5.41) is 2.13. The van der Waals surface area contributed by atoms with Gasteiger partial charge in [-0.1, -0.05) is 36.4 Å². The summed E-state index contributed by atoms with van der Waals surface area (Å²) in [6, 6.07) is 19.6. The number of fused-ring (bicyclic) bond motifs is 1. The fraction of sp³-hybridized carbons (Fsp3) is 0.292. The Balaban J connectivity index is 1.51. The van der Waals surface area contributed by atoms with Crippen molar-refractivity contribution in [3.63, 3.8) is 0 Å². The number of amides is 1. The van der Waals surface area contributed by atoms with Gasteiger partial charge in [0.05, 0.1) is 12.0 Å². The van der Waals surface area contributed by atoms with Crippen molar-refractivity contribution >= 4 is 26.7 Å². The Kier molecular flexibility index (Phi) is 5.98. The van der Waals surface area contributed by atoms with Gasteiger partial charge in [-0.05, 0) is 59.5 Å². The number of hydrogen-bond donors (Lipinski definition) is 0. The van der Waals surface area contributed by atoms with Crippen LogP contribution in [0.1, 0.15) is 18.4 Å². The highest BCUT2D eigenvalue weighted by Gasteiger charge is 2.40. The summed E-state index contributed by atoms with van der Waals surface area (Å²) in [7, 11) is -0.333. The smallest absolute Gasteiger partial charge is 0.243 e. The van der Waals surface area contributed by atoms with Crippen molar-refractivity contribution in [2.75, 3.05) is 20.7 Å². The molecule has 0 radical (unpaired) electrons. The highest BCUT2D eigenvalue weighted by Crippen LogP contribution is 2.28. The second-order valence-corrected chi connectivity index (χ2v) is 9.72. The summed E-state index contributed by atoms with van der Waals surface area (Å²) in [5.41, 5.74) is 0.990. The zero-order valence-electron chi connectivity index (χ0n) is 17.7. The molecule has 1 atom stereocenters. The van der Waals surface area contributed by atoms with Crippen LogP contribution in [0.3, 0.4) is 0 Å². The SMILES string of the molecule is COc1ccc2cc(CN(C)C(=O)C3CCCN3S(=O)(=O)c3ccccc3)ccc2c1. The van der Waals surface area contributed by atoms with Gasteiger partial charge in [0.1, 0.15) is 11.8 Å². The maximum Gasteiger partial charge on any atom is 0.243 e. The van der Waals surface area contributed by atoms with Crippen molar-refractivity contribution in [2.24, 2.45) is 0 Å². The van der Waals surface area contributed by atoms with Gasteiger partial charge < -0.3 is 9.64 Å². The van der Waals surface area contributed by atoms with E-state index in [0.29, 0.717) is 25.9 Å². The molecular weight excluding hydrogens is 412 g/mol. The Morgan fingerprint density at radius 3 is 2.52 bits per heavy atom. The molecule has 162 valence electrons. The van der Waals surface area contributed by atoms with Crippen LogP contribution in [0.4, 0.5) is 0 Å². The first-order valence-electron chi connectivity index (χ1n) is 10.3. The van der Waals surface area contributed by atoms with Crippen molar-refractivity contribution in [1.29, 1.82) is 0 Å². The Morgan fingerprint density at radius 1 is 1.06 bits per heavy atom. The third-order valence-electron chi connectivity index (χ3n) is 5.75. The Hall–Kier alpha value is -2.90. The number of carbonyl (C=O) groups is 1. The van der Waals surface area contributed by atoms with Gasteiger partial charge in [-0.15, -0.1) is 0 Å². The number of nitrogens with zero attached hydrogens (tertiary/aromatic N) is 2. The second-order valence-electron chi connectivity index (χ2n) is 7.83. The summed E-state index contributed by atoms with van der Waals surface area (Å²) in [6.07, 6.45) is 1.21. The number of rotatable bonds is 6. The number of hydrogen-bond acceptors (Lipinski definition) is 4. The van der Waals surface area contributed by atoms with Gasteiger partial charge in [-0.3, -0.25) is 4.79 Å². The van der Waals surface area contributed by atoms with Crippen molar-refractivity contribution in [2.45, 2.75) is 30.3 Å². The lowest BCUT2D eigenvalue weighted by Crippen LogP contribution is -2.46. The largest absolute Gasteiger partial charge is 0.497 e. The van der Waals surface area contributed by atoms with Crippen LogP contribution in [0.15, 0.2) is 71.6 Å². The van der Waals surface area contributed by atoms with E-state index in [9.17, 15) is 13.2 Å². The molecule has 7 heteroatoms. The van der Waals surface area contributed by atoms with Crippen molar-refractivity contribution < 1.29 is 17.9 Å². The van der Waals surface area contributed by atoms with E-state index in [1.54, 1.807) is 49.4 Å². The van der Waals surface area contributed by atoms with Gasteiger partial charge in [0, 0.05) is 20.1 Å². The van der Waals surface area contributed by atoms with Gasteiger partial charge in [-0.25, -0.2) is 8.42 Å². The predicted octanol–water partition coefficient (Wildman–Crippen LogP) is 3.66. The Bertz CT molecular complexity index is 1190. The lowest BCUT2D eigenvalue weighted by Gasteiger charge is -2.27. The topological polar surface area (TPSA) is 66.9 Å². The lowest BCUT2D eigenvalue weighted by molar-refractivity contribution is -0.133. The molecular formula is C24H26N2O4S. The normalized spacial score (nSPS) is 17.0. The molecule has 1 amide bonds. The van der Waals surface area contributed by atoms with E-state index < -0.39 is 16.1 Å². The average molecular weight is 439 g/mol. The van der Waals surface area contributed by atoms with Gasteiger partial charge in [0.25, 0.3) is 0 Å². The average Bonchev–Trinajstić information content (AvgIpc) is 3.29. The lowest BCUT2D eigenvalue weighted by atomic mass is 10.1. The van der Waals surface area contributed by atoms with Crippen molar-refractivity contribution in [1.82, 2.24) is 9.21 Å². The number of benzene rings is 3. The number of likely N-dealkylation sites (N-methyl/N-ethyl adjacent to an activating group) is 1. The number of carbonyl (C=O) groups excluding carboxylic acids is 1. The minimum absolute atomic E-state index is 0.174. The minimum atomic E-state index is -3.70. The van der Waals surface area contributed by atoms with Crippen LogP contribution in [0.25, 0.3) is 10.8 Å². The first-order valence-corrected chi connectivity index (χ1v) is 11.7. The predicted molar refractivity (Wildman–Crippen MR) is 120 cm³/mol.